The van der Waals surface area contributed by atoms with Gasteiger partial charge in [0.1, 0.15) is 6.10 Å². The average molecular weight is 726 g/mol. The summed E-state index contributed by atoms with van der Waals surface area (Å²) in [7, 11) is 0. The van der Waals surface area contributed by atoms with E-state index in [0.717, 1.165) is 83.8 Å². The molecule has 0 aromatic heterocycles. The van der Waals surface area contributed by atoms with Gasteiger partial charge in [0.05, 0.1) is 6.61 Å². The highest BCUT2D eigenvalue weighted by Gasteiger charge is 2.20. The van der Waals surface area contributed by atoms with Crippen molar-refractivity contribution in [3.63, 3.8) is 0 Å². The monoisotopic (exact) mass is 726 g/mol. The van der Waals surface area contributed by atoms with Crippen molar-refractivity contribution >= 4 is 5.97 Å². The second kappa shape index (κ2) is 39.0. The molecular weight excluding hydrogens is 634 g/mol. The van der Waals surface area contributed by atoms with Crippen LogP contribution in [0.1, 0.15) is 240 Å². The third-order valence-electron chi connectivity index (χ3n) is 10.6. The lowest BCUT2D eigenvalue weighted by atomic mass is 10.0. The number of hydrogen-bond donors (Lipinski definition) is 2. The van der Waals surface area contributed by atoms with Gasteiger partial charge in [0.25, 0.3) is 0 Å². The van der Waals surface area contributed by atoms with E-state index < -0.39 is 5.79 Å². The molecule has 1 atom stereocenters. The van der Waals surface area contributed by atoms with E-state index in [4.69, 9.17) is 9.47 Å². The van der Waals surface area contributed by atoms with E-state index >= 15 is 0 Å². The molecule has 1 unspecified atom stereocenters. The van der Waals surface area contributed by atoms with E-state index in [9.17, 15) is 15.0 Å². The summed E-state index contributed by atoms with van der Waals surface area (Å²) in [6.45, 7) is 12.3. The van der Waals surface area contributed by atoms with Crippen molar-refractivity contribution in [3.05, 3.63) is 0 Å². The summed E-state index contributed by atoms with van der Waals surface area (Å²) in [5.74, 6) is -0.976. The van der Waals surface area contributed by atoms with Crippen LogP contribution in [0.3, 0.4) is 0 Å². The van der Waals surface area contributed by atoms with Crippen LogP contribution in [0.25, 0.3) is 0 Å². The third-order valence-corrected chi connectivity index (χ3v) is 10.6. The first-order chi connectivity index (χ1) is 24.9. The van der Waals surface area contributed by atoms with E-state index in [1.54, 1.807) is 0 Å². The number of carbonyl (C=O) groups excluding carboxylic acids is 1. The summed E-state index contributed by atoms with van der Waals surface area (Å²) in [6, 6.07) is 0. The first-order valence-corrected chi connectivity index (χ1v) is 22.8. The zero-order valence-corrected chi connectivity index (χ0v) is 35.0. The number of esters is 1. The maximum Gasteiger partial charge on any atom is 0.306 e. The maximum atomic E-state index is 12.7. The van der Waals surface area contributed by atoms with Gasteiger partial charge in [-0.15, -0.1) is 0 Å². The van der Waals surface area contributed by atoms with Gasteiger partial charge in [-0.05, 0) is 77.8 Å². The van der Waals surface area contributed by atoms with Crippen LogP contribution in [0.5, 0.6) is 0 Å². The lowest BCUT2D eigenvalue weighted by Gasteiger charge is -2.24. The molecule has 0 heterocycles. The number of ether oxygens (including phenoxy) is 2. The Balaban J connectivity index is 4.01. The zero-order valence-electron chi connectivity index (χ0n) is 35.0. The Bertz CT molecular complexity index is 686. The van der Waals surface area contributed by atoms with Gasteiger partial charge in [-0.1, -0.05) is 162 Å². The number of nitrogens with zero attached hydrogens (tertiary/aromatic N) is 1. The van der Waals surface area contributed by atoms with Crippen LogP contribution in [0.15, 0.2) is 0 Å². The predicted octanol–water partition coefficient (Wildman–Crippen LogP) is 12.9. The molecule has 0 bridgehead atoms. The topological polar surface area (TPSA) is 79.2 Å². The Labute approximate surface area is 319 Å². The fourth-order valence-electron chi connectivity index (χ4n) is 7.17. The van der Waals surface area contributed by atoms with Crippen LogP contribution in [0.4, 0.5) is 0 Å². The van der Waals surface area contributed by atoms with Gasteiger partial charge in [0.2, 0.25) is 0 Å². The fraction of sp³-hybridized carbons (Fsp3) is 0.978. The number of unbranched alkanes of at least 4 members (excludes halogenated alkanes) is 24. The average Bonchev–Trinajstić information content (AvgIpc) is 3.11. The minimum atomic E-state index is -0.994. The molecular formula is C45H91NO5. The molecule has 0 aromatic rings. The van der Waals surface area contributed by atoms with Crippen molar-refractivity contribution in [2.75, 3.05) is 32.8 Å². The van der Waals surface area contributed by atoms with Crippen LogP contribution >= 0.6 is 0 Å². The molecule has 0 amide bonds. The maximum absolute atomic E-state index is 12.7. The molecule has 0 radical (unpaired) electrons. The normalized spacial score (nSPS) is 13.0. The van der Waals surface area contributed by atoms with Crippen molar-refractivity contribution in [2.24, 2.45) is 0 Å². The highest BCUT2D eigenvalue weighted by Crippen LogP contribution is 2.20. The number of hydrogen-bond acceptors (Lipinski definition) is 6. The Morgan fingerprint density at radius 3 is 1.45 bits per heavy atom. The molecule has 0 aromatic carbocycles. The third kappa shape index (κ3) is 37.4. The predicted molar refractivity (Wildman–Crippen MR) is 219 cm³/mol. The second-order valence-corrected chi connectivity index (χ2v) is 16.0. The number of aliphatic hydroxyl groups is 2. The molecule has 0 saturated carbocycles. The first-order valence-electron chi connectivity index (χ1n) is 22.8. The van der Waals surface area contributed by atoms with Gasteiger partial charge >= 0.3 is 5.97 Å². The van der Waals surface area contributed by atoms with E-state index in [0.29, 0.717) is 19.4 Å². The van der Waals surface area contributed by atoms with Gasteiger partial charge in [0.15, 0.2) is 5.79 Å². The van der Waals surface area contributed by atoms with Crippen LogP contribution < -0.4 is 0 Å². The van der Waals surface area contributed by atoms with Gasteiger partial charge < -0.3 is 24.6 Å². The standard InChI is InChI=1S/C45H91NO5/c1-5-8-11-14-17-26-33-42-50-45(4,49)37-30-23-19-25-32-39-46(40-41-47)38-31-24-18-22-29-36-44(48)51-43(34-27-20-15-12-9-6-2)35-28-21-16-13-10-7-3/h43,47,49H,5-42H2,1-4H3. The molecule has 51 heavy (non-hydrogen) atoms. The number of carbonyl (C=O) groups is 1. The smallest absolute Gasteiger partial charge is 0.306 e. The summed E-state index contributed by atoms with van der Waals surface area (Å²) < 4.78 is 11.8. The molecule has 0 aliphatic rings. The lowest BCUT2D eigenvalue weighted by Crippen LogP contribution is -2.29. The van der Waals surface area contributed by atoms with Crippen molar-refractivity contribution in [2.45, 2.75) is 251 Å². The SMILES string of the molecule is CCCCCCCCCOC(C)(O)CCCCCCCN(CCO)CCCCCCCC(=O)OC(CCCCCCCC)CCCCCCCC. The lowest BCUT2D eigenvalue weighted by molar-refractivity contribution is -0.195. The molecule has 306 valence electrons. The van der Waals surface area contributed by atoms with Crippen LogP contribution in [-0.4, -0.2) is 65.8 Å². The van der Waals surface area contributed by atoms with E-state index in [1.807, 2.05) is 6.92 Å². The number of aliphatic hydroxyl groups excluding tert-OH is 1. The molecule has 0 aliphatic heterocycles. The highest BCUT2D eigenvalue weighted by molar-refractivity contribution is 5.69. The molecule has 2 N–H and O–H groups in total. The van der Waals surface area contributed by atoms with Gasteiger partial charge in [-0.3, -0.25) is 4.79 Å². The van der Waals surface area contributed by atoms with Crippen LogP contribution in [-0.2, 0) is 14.3 Å². The van der Waals surface area contributed by atoms with Crippen molar-refractivity contribution in [1.82, 2.24) is 4.90 Å². The minimum Gasteiger partial charge on any atom is -0.462 e. The fourth-order valence-corrected chi connectivity index (χ4v) is 7.17. The summed E-state index contributed by atoms with van der Waals surface area (Å²) >= 11 is 0. The Hall–Kier alpha value is -0.690. The van der Waals surface area contributed by atoms with Crippen molar-refractivity contribution < 1.29 is 24.5 Å². The zero-order chi connectivity index (χ0) is 37.5. The summed E-state index contributed by atoms with van der Waals surface area (Å²) in [6.07, 6.45) is 38.9. The molecule has 6 heteroatoms. The van der Waals surface area contributed by atoms with Crippen molar-refractivity contribution in [3.8, 4) is 0 Å². The molecule has 0 rings (SSSR count). The van der Waals surface area contributed by atoms with Gasteiger partial charge in [-0.25, -0.2) is 0 Å². The first kappa shape index (κ1) is 50.3. The van der Waals surface area contributed by atoms with Gasteiger partial charge in [-0.2, -0.15) is 0 Å². The second-order valence-electron chi connectivity index (χ2n) is 16.0. The van der Waals surface area contributed by atoms with Crippen LogP contribution in [0.2, 0.25) is 0 Å². The summed E-state index contributed by atoms with van der Waals surface area (Å²) in [4.78, 5) is 15.1. The Morgan fingerprint density at radius 2 is 0.961 bits per heavy atom. The van der Waals surface area contributed by atoms with E-state index in [1.165, 1.54) is 135 Å². The molecule has 6 nitrogen and oxygen atoms in total. The van der Waals surface area contributed by atoms with Gasteiger partial charge in [0, 0.05) is 26.0 Å². The largest absolute Gasteiger partial charge is 0.462 e. The molecule has 0 aliphatic carbocycles. The Kier molecular flexibility index (Phi) is 38.5. The van der Waals surface area contributed by atoms with E-state index in [2.05, 4.69) is 25.7 Å². The molecule has 0 spiro atoms. The van der Waals surface area contributed by atoms with Crippen LogP contribution in [0, 0.1) is 0 Å². The minimum absolute atomic E-state index is 0.0172. The summed E-state index contributed by atoms with van der Waals surface area (Å²) in [5.41, 5.74) is 0. The molecule has 0 fully saturated rings. The highest BCUT2D eigenvalue weighted by atomic mass is 16.6. The summed E-state index contributed by atoms with van der Waals surface area (Å²) in [5, 5.41) is 20.1. The van der Waals surface area contributed by atoms with E-state index in [-0.39, 0.29) is 18.7 Å². The Morgan fingerprint density at radius 1 is 0.549 bits per heavy atom. The molecule has 0 saturated heterocycles. The number of rotatable bonds is 42. The van der Waals surface area contributed by atoms with Crippen molar-refractivity contribution in [1.29, 1.82) is 0 Å². The quantitative estimate of drug-likeness (QED) is 0.0370.